The van der Waals surface area contributed by atoms with E-state index in [1.165, 1.54) is 12.1 Å². The summed E-state index contributed by atoms with van der Waals surface area (Å²) in [6.07, 6.45) is 2.05. The minimum atomic E-state index is -3.43. The van der Waals surface area contributed by atoms with Crippen molar-refractivity contribution in [3.05, 3.63) is 24.0 Å². The molecule has 0 aliphatic carbocycles. The molecule has 0 amide bonds. The van der Waals surface area contributed by atoms with Crippen LogP contribution in [0.15, 0.2) is 23.1 Å². The monoisotopic (exact) mass is 289 g/mol. The van der Waals surface area contributed by atoms with Gasteiger partial charge in [0.05, 0.1) is 4.90 Å². The third kappa shape index (κ3) is 5.57. The number of nitrogens with one attached hydrogen (secondary N) is 1. The Labute approximate surface area is 113 Å². The van der Waals surface area contributed by atoms with Crippen molar-refractivity contribution in [2.24, 2.45) is 0 Å². The molecule has 4 nitrogen and oxygen atoms in total. The highest BCUT2D eigenvalue weighted by Gasteiger charge is 2.11. The van der Waals surface area contributed by atoms with Crippen molar-refractivity contribution < 1.29 is 17.5 Å². The van der Waals surface area contributed by atoms with Crippen LogP contribution in [0, 0.1) is 5.82 Å². The Morgan fingerprint density at radius 1 is 1.37 bits per heavy atom. The lowest BCUT2D eigenvalue weighted by Crippen LogP contribution is -2.29. The molecule has 108 valence electrons. The molecule has 1 aromatic carbocycles. The van der Waals surface area contributed by atoms with Crippen molar-refractivity contribution in [2.75, 3.05) is 19.4 Å². The molecule has 0 radical (unpaired) electrons. The summed E-state index contributed by atoms with van der Waals surface area (Å²) >= 11 is 0. The molecule has 1 unspecified atom stereocenters. The molecule has 0 saturated carbocycles. The summed E-state index contributed by atoms with van der Waals surface area (Å²) in [6, 6.07) is 3.89. The summed E-state index contributed by atoms with van der Waals surface area (Å²) in [6.45, 7) is 5.12. The van der Waals surface area contributed by atoms with E-state index in [-0.39, 0.29) is 10.6 Å². The first kappa shape index (κ1) is 15.9. The Bertz CT molecular complexity index is 517. The molecule has 1 rings (SSSR count). The summed E-state index contributed by atoms with van der Waals surface area (Å²) in [5, 5.41) is 3.22. The van der Waals surface area contributed by atoms with Gasteiger partial charge in [-0.25, -0.2) is 12.8 Å². The van der Waals surface area contributed by atoms with Crippen LogP contribution in [0.25, 0.3) is 0 Å². The minimum Gasteiger partial charge on any atom is -0.492 e. The quantitative estimate of drug-likeness (QED) is 0.780. The van der Waals surface area contributed by atoms with Crippen molar-refractivity contribution in [2.45, 2.75) is 31.2 Å². The lowest BCUT2D eigenvalue weighted by molar-refractivity contribution is 0.304. The molecule has 0 saturated heterocycles. The van der Waals surface area contributed by atoms with Crippen LogP contribution in [0.3, 0.4) is 0 Å². The maximum Gasteiger partial charge on any atom is 0.175 e. The number of hydrogen-bond acceptors (Lipinski definition) is 4. The number of hydrogen-bond donors (Lipinski definition) is 1. The van der Waals surface area contributed by atoms with Gasteiger partial charge in [-0.05, 0) is 25.5 Å². The van der Waals surface area contributed by atoms with E-state index >= 15 is 0 Å². The summed E-state index contributed by atoms with van der Waals surface area (Å²) < 4.78 is 41.4. The van der Waals surface area contributed by atoms with E-state index in [0.717, 1.165) is 18.7 Å². The van der Waals surface area contributed by atoms with Gasteiger partial charge in [0.25, 0.3) is 0 Å². The highest BCUT2D eigenvalue weighted by Crippen LogP contribution is 2.19. The number of sulfone groups is 1. The molecule has 0 aromatic heterocycles. The van der Waals surface area contributed by atoms with E-state index in [9.17, 15) is 12.8 Å². The zero-order chi connectivity index (χ0) is 14.5. The third-order valence-electron chi connectivity index (χ3n) is 2.75. The van der Waals surface area contributed by atoms with Crippen LogP contribution in [0.1, 0.15) is 20.3 Å². The smallest absolute Gasteiger partial charge is 0.175 e. The number of benzene rings is 1. The molecule has 0 fully saturated rings. The zero-order valence-electron chi connectivity index (χ0n) is 11.4. The molecule has 0 heterocycles. The summed E-state index contributed by atoms with van der Waals surface area (Å²) in [4.78, 5) is -0.0719. The van der Waals surface area contributed by atoms with Gasteiger partial charge in [-0.3, -0.25) is 0 Å². The molecular weight excluding hydrogens is 269 g/mol. The van der Waals surface area contributed by atoms with Crippen molar-refractivity contribution in [1.82, 2.24) is 5.32 Å². The van der Waals surface area contributed by atoms with E-state index in [1.807, 2.05) is 0 Å². The van der Waals surface area contributed by atoms with Crippen LogP contribution in [0.2, 0.25) is 0 Å². The number of ether oxygens (including phenoxy) is 1. The highest BCUT2D eigenvalue weighted by molar-refractivity contribution is 7.90. The highest BCUT2D eigenvalue weighted by atomic mass is 32.2. The Morgan fingerprint density at radius 2 is 2.05 bits per heavy atom. The normalized spacial score (nSPS) is 13.3. The summed E-state index contributed by atoms with van der Waals surface area (Å²) in [7, 11) is -3.43. The van der Waals surface area contributed by atoms with Crippen molar-refractivity contribution in [3.63, 3.8) is 0 Å². The predicted molar refractivity (Wildman–Crippen MR) is 72.8 cm³/mol. The molecular formula is C13H20FNO3S. The van der Waals surface area contributed by atoms with Gasteiger partial charge in [-0.15, -0.1) is 0 Å². The molecule has 0 bridgehead atoms. The van der Waals surface area contributed by atoms with Gasteiger partial charge in [0.1, 0.15) is 18.2 Å². The molecule has 0 aliphatic heterocycles. The van der Waals surface area contributed by atoms with Crippen LogP contribution in [0.4, 0.5) is 4.39 Å². The first-order valence-electron chi connectivity index (χ1n) is 6.19. The van der Waals surface area contributed by atoms with Gasteiger partial charge in [0.15, 0.2) is 9.84 Å². The average molecular weight is 289 g/mol. The van der Waals surface area contributed by atoms with Gasteiger partial charge in [0.2, 0.25) is 0 Å². The van der Waals surface area contributed by atoms with Gasteiger partial charge in [0, 0.05) is 24.9 Å². The third-order valence-corrected chi connectivity index (χ3v) is 3.84. The Kier molecular flexibility index (Phi) is 5.75. The topological polar surface area (TPSA) is 55.4 Å². The molecule has 0 spiro atoms. The van der Waals surface area contributed by atoms with E-state index in [2.05, 4.69) is 19.2 Å². The summed E-state index contributed by atoms with van der Waals surface area (Å²) in [5.74, 6) is -0.390. The molecule has 1 N–H and O–H groups in total. The number of rotatable bonds is 7. The molecule has 0 aliphatic rings. The van der Waals surface area contributed by atoms with Crippen molar-refractivity contribution >= 4 is 9.84 Å². The van der Waals surface area contributed by atoms with Crippen molar-refractivity contribution in [1.29, 1.82) is 0 Å². The average Bonchev–Trinajstić information content (AvgIpc) is 2.32. The zero-order valence-corrected chi connectivity index (χ0v) is 12.3. The van der Waals surface area contributed by atoms with Crippen LogP contribution < -0.4 is 10.1 Å². The molecule has 6 heteroatoms. The fraction of sp³-hybridized carbons (Fsp3) is 0.538. The minimum absolute atomic E-state index is 0.0719. The fourth-order valence-electron chi connectivity index (χ4n) is 1.45. The van der Waals surface area contributed by atoms with Gasteiger partial charge in [-0.2, -0.15) is 0 Å². The predicted octanol–water partition coefficient (Wildman–Crippen LogP) is 2.00. The second-order valence-corrected chi connectivity index (χ2v) is 6.52. The van der Waals surface area contributed by atoms with Gasteiger partial charge < -0.3 is 10.1 Å². The van der Waals surface area contributed by atoms with Crippen LogP contribution in [0.5, 0.6) is 5.75 Å². The van der Waals surface area contributed by atoms with Crippen molar-refractivity contribution in [3.8, 4) is 5.75 Å². The standard InChI is InChI=1S/C13H20FNO3S/c1-4-10(2)15-5-6-18-12-7-11(14)8-13(9-12)19(3,16)17/h7-10,15H,4-6H2,1-3H3. The van der Waals surface area contributed by atoms with E-state index in [0.29, 0.717) is 19.2 Å². The summed E-state index contributed by atoms with van der Waals surface area (Å²) in [5.41, 5.74) is 0. The second kappa shape index (κ2) is 6.86. The SMILES string of the molecule is CCC(C)NCCOc1cc(F)cc(S(C)(=O)=O)c1. The Balaban J connectivity index is 2.62. The Hall–Kier alpha value is -1.14. The van der Waals surface area contributed by atoms with E-state index in [4.69, 9.17) is 4.74 Å². The molecule has 19 heavy (non-hydrogen) atoms. The first-order chi connectivity index (χ1) is 8.82. The maximum atomic E-state index is 13.3. The first-order valence-corrected chi connectivity index (χ1v) is 8.09. The van der Waals surface area contributed by atoms with E-state index in [1.54, 1.807) is 0 Å². The fourth-order valence-corrected chi connectivity index (χ4v) is 2.11. The van der Waals surface area contributed by atoms with E-state index < -0.39 is 15.7 Å². The Morgan fingerprint density at radius 3 is 2.63 bits per heavy atom. The van der Waals surface area contributed by atoms with Gasteiger partial charge in [-0.1, -0.05) is 6.92 Å². The van der Waals surface area contributed by atoms with Gasteiger partial charge >= 0.3 is 0 Å². The molecule has 1 aromatic rings. The van der Waals surface area contributed by atoms with Crippen LogP contribution >= 0.6 is 0 Å². The second-order valence-electron chi connectivity index (χ2n) is 4.51. The lowest BCUT2D eigenvalue weighted by Gasteiger charge is -2.12. The van der Waals surface area contributed by atoms with Crippen LogP contribution in [-0.4, -0.2) is 33.9 Å². The largest absolute Gasteiger partial charge is 0.492 e. The maximum absolute atomic E-state index is 13.3. The number of halogens is 1. The van der Waals surface area contributed by atoms with Crippen LogP contribution in [-0.2, 0) is 9.84 Å². The molecule has 1 atom stereocenters. The lowest BCUT2D eigenvalue weighted by atomic mass is 10.3.